The summed E-state index contributed by atoms with van der Waals surface area (Å²) in [7, 11) is 0. The van der Waals surface area contributed by atoms with Crippen LogP contribution in [-0.4, -0.2) is 53.7 Å². The molecular weight excluding hydrogens is 350 g/mol. The smallest absolute Gasteiger partial charge is 0.409 e. The van der Waals surface area contributed by atoms with Crippen molar-refractivity contribution in [3.63, 3.8) is 0 Å². The summed E-state index contributed by atoms with van der Waals surface area (Å²) in [6, 6.07) is 4.02. The quantitative estimate of drug-likeness (QED) is 0.788. The maximum Gasteiger partial charge on any atom is 0.409 e. The average Bonchev–Trinajstić information content (AvgIpc) is 3.19. The van der Waals surface area contributed by atoms with E-state index in [1.165, 1.54) is 0 Å². The molecule has 0 spiro atoms. The van der Waals surface area contributed by atoms with Crippen molar-refractivity contribution in [2.24, 2.45) is 5.92 Å². The molecule has 0 N–H and O–H groups in total. The van der Waals surface area contributed by atoms with Crippen LogP contribution in [0.1, 0.15) is 31.7 Å². The molecule has 7 heteroatoms. The van der Waals surface area contributed by atoms with Crippen molar-refractivity contribution in [3.05, 3.63) is 29.0 Å². The normalized spacial score (nSPS) is 16.1. The van der Waals surface area contributed by atoms with Gasteiger partial charge in [0.1, 0.15) is 5.76 Å². The molecule has 1 saturated heterocycles. The molecule has 142 valence electrons. The number of rotatable bonds is 5. The number of thiophene rings is 1. The lowest BCUT2D eigenvalue weighted by Crippen LogP contribution is -2.36. The Balaban J connectivity index is 1.56. The van der Waals surface area contributed by atoms with Crippen molar-refractivity contribution in [2.75, 3.05) is 32.8 Å². The highest BCUT2D eigenvalue weighted by Crippen LogP contribution is 2.26. The van der Waals surface area contributed by atoms with Crippen molar-refractivity contribution >= 4 is 17.4 Å². The highest BCUT2D eigenvalue weighted by molar-refractivity contribution is 7.13. The summed E-state index contributed by atoms with van der Waals surface area (Å²) in [5.74, 6) is 1.92. The lowest BCUT2D eigenvalue weighted by Gasteiger charge is -2.21. The summed E-state index contributed by atoms with van der Waals surface area (Å²) in [6.45, 7) is 10.5. The van der Waals surface area contributed by atoms with Gasteiger partial charge in [0, 0.05) is 32.7 Å². The fourth-order valence-electron chi connectivity index (χ4n) is 2.93. The third kappa shape index (κ3) is 4.86. The molecule has 0 saturated carbocycles. The van der Waals surface area contributed by atoms with E-state index in [2.05, 4.69) is 9.88 Å². The summed E-state index contributed by atoms with van der Waals surface area (Å²) >= 11 is 1.63. The maximum absolute atomic E-state index is 12.2. The Hall–Kier alpha value is -1.86. The molecule has 1 aliphatic rings. The number of aromatic nitrogens is 1. The van der Waals surface area contributed by atoms with Crippen molar-refractivity contribution < 1.29 is 13.9 Å². The fraction of sp³-hybridized carbons (Fsp3) is 0.579. The number of carbonyl (C=O) groups excluding carboxylic acids is 1. The number of carbonyl (C=O) groups is 1. The predicted octanol–water partition coefficient (Wildman–Crippen LogP) is 4.01. The van der Waals surface area contributed by atoms with Gasteiger partial charge in [-0.3, -0.25) is 4.90 Å². The minimum Gasteiger partial charge on any atom is -0.449 e. The molecule has 0 bridgehead atoms. The van der Waals surface area contributed by atoms with Crippen LogP contribution in [-0.2, 0) is 11.3 Å². The number of hydrogen-bond donors (Lipinski definition) is 0. The first kappa shape index (κ1) is 18.9. The summed E-state index contributed by atoms with van der Waals surface area (Å²) < 4.78 is 11.2. The number of nitrogens with zero attached hydrogens (tertiary/aromatic N) is 3. The standard InChI is InChI=1S/C19H27N3O3S/c1-14(2)13-24-19(23)22-8-5-7-21(9-10-22)12-16-15(3)25-18(20-16)17-6-4-11-26-17/h4,6,11,14H,5,7-10,12-13H2,1-3H3. The number of ether oxygens (including phenoxy) is 1. The molecule has 2 aromatic rings. The van der Waals surface area contributed by atoms with Gasteiger partial charge in [-0.05, 0) is 30.7 Å². The second-order valence-corrected chi connectivity index (χ2v) is 8.03. The Morgan fingerprint density at radius 3 is 2.92 bits per heavy atom. The van der Waals surface area contributed by atoms with Crippen LogP contribution in [0.3, 0.4) is 0 Å². The molecule has 0 aliphatic carbocycles. The van der Waals surface area contributed by atoms with Crippen LogP contribution in [0.2, 0.25) is 0 Å². The molecule has 0 unspecified atom stereocenters. The first-order valence-corrected chi connectivity index (χ1v) is 10.0. The minimum atomic E-state index is -0.196. The van der Waals surface area contributed by atoms with Gasteiger partial charge < -0.3 is 14.1 Å². The van der Waals surface area contributed by atoms with Gasteiger partial charge in [0.25, 0.3) is 0 Å². The van der Waals surface area contributed by atoms with Gasteiger partial charge in [-0.2, -0.15) is 0 Å². The second kappa shape index (κ2) is 8.68. The van der Waals surface area contributed by atoms with E-state index < -0.39 is 0 Å². The number of hydrogen-bond acceptors (Lipinski definition) is 6. The van der Waals surface area contributed by atoms with Gasteiger partial charge in [-0.1, -0.05) is 19.9 Å². The van der Waals surface area contributed by atoms with Crippen LogP contribution in [0.25, 0.3) is 10.8 Å². The van der Waals surface area contributed by atoms with Gasteiger partial charge >= 0.3 is 6.09 Å². The topological polar surface area (TPSA) is 58.8 Å². The highest BCUT2D eigenvalue weighted by atomic mass is 32.1. The lowest BCUT2D eigenvalue weighted by molar-refractivity contribution is 0.0930. The molecule has 2 aromatic heterocycles. The number of amides is 1. The molecule has 0 aromatic carbocycles. The Bertz CT molecular complexity index is 712. The van der Waals surface area contributed by atoms with Gasteiger partial charge in [0.05, 0.1) is 17.2 Å². The average molecular weight is 378 g/mol. The molecule has 1 amide bonds. The molecular formula is C19H27N3O3S. The third-order valence-corrected chi connectivity index (χ3v) is 5.24. The van der Waals surface area contributed by atoms with Crippen molar-refractivity contribution in [3.8, 4) is 10.8 Å². The van der Waals surface area contributed by atoms with Crippen LogP contribution in [0, 0.1) is 12.8 Å². The molecule has 26 heavy (non-hydrogen) atoms. The Kier molecular flexibility index (Phi) is 6.32. The molecule has 6 nitrogen and oxygen atoms in total. The number of aryl methyl sites for hydroxylation is 1. The molecule has 1 aliphatic heterocycles. The molecule has 3 heterocycles. The maximum atomic E-state index is 12.2. The van der Waals surface area contributed by atoms with Crippen molar-refractivity contribution in [2.45, 2.75) is 33.7 Å². The highest BCUT2D eigenvalue weighted by Gasteiger charge is 2.22. The van der Waals surface area contributed by atoms with Gasteiger partial charge in [0.2, 0.25) is 5.89 Å². The number of oxazole rings is 1. The molecule has 0 atom stereocenters. The molecule has 3 rings (SSSR count). The third-order valence-electron chi connectivity index (χ3n) is 4.38. The van der Waals surface area contributed by atoms with Gasteiger partial charge in [-0.15, -0.1) is 11.3 Å². The summed E-state index contributed by atoms with van der Waals surface area (Å²) in [6.07, 6.45) is 0.740. The monoisotopic (exact) mass is 377 g/mol. The first-order valence-electron chi connectivity index (χ1n) is 9.17. The van der Waals surface area contributed by atoms with Crippen LogP contribution in [0.4, 0.5) is 4.79 Å². The van der Waals surface area contributed by atoms with E-state index in [-0.39, 0.29) is 6.09 Å². The van der Waals surface area contributed by atoms with Crippen molar-refractivity contribution in [1.29, 1.82) is 0 Å². The van der Waals surface area contributed by atoms with Crippen LogP contribution >= 0.6 is 11.3 Å². The molecule has 0 radical (unpaired) electrons. The van der Waals surface area contributed by atoms with E-state index in [0.717, 1.165) is 48.9 Å². The Morgan fingerprint density at radius 1 is 1.35 bits per heavy atom. The SMILES string of the molecule is Cc1oc(-c2cccs2)nc1CN1CCCN(C(=O)OCC(C)C)CC1. The van der Waals surface area contributed by atoms with E-state index in [1.807, 2.05) is 43.2 Å². The Morgan fingerprint density at radius 2 is 2.19 bits per heavy atom. The van der Waals surface area contributed by atoms with Crippen LogP contribution in [0.5, 0.6) is 0 Å². The zero-order valence-corrected chi connectivity index (χ0v) is 16.6. The van der Waals surface area contributed by atoms with E-state index >= 15 is 0 Å². The summed E-state index contributed by atoms with van der Waals surface area (Å²) in [5, 5.41) is 2.02. The largest absolute Gasteiger partial charge is 0.449 e. The van der Waals surface area contributed by atoms with E-state index in [9.17, 15) is 4.79 Å². The van der Waals surface area contributed by atoms with E-state index in [1.54, 1.807) is 11.3 Å². The predicted molar refractivity (Wildman–Crippen MR) is 102 cm³/mol. The second-order valence-electron chi connectivity index (χ2n) is 7.09. The fourth-order valence-corrected chi connectivity index (χ4v) is 3.58. The molecule has 1 fully saturated rings. The van der Waals surface area contributed by atoms with Crippen LogP contribution < -0.4 is 0 Å². The minimum absolute atomic E-state index is 0.196. The van der Waals surface area contributed by atoms with Gasteiger partial charge in [0.15, 0.2) is 0 Å². The van der Waals surface area contributed by atoms with Crippen LogP contribution in [0.15, 0.2) is 21.9 Å². The Labute approximate surface area is 158 Å². The summed E-state index contributed by atoms with van der Waals surface area (Å²) in [4.78, 5) is 22.0. The van der Waals surface area contributed by atoms with Crippen molar-refractivity contribution in [1.82, 2.24) is 14.8 Å². The zero-order chi connectivity index (χ0) is 18.5. The van der Waals surface area contributed by atoms with E-state index in [0.29, 0.717) is 25.0 Å². The van der Waals surface area contributed by atoms with E-state index in [4.69, 9.17) is 9.15 Å². The van der Waals surface area contributed by atoms with Gasteiger partial charge in [-0.25, -0.2) is 9.78 Å². The zero-order valence-electron chi connectivity index (χ0n) is 15.7. The summed E-state index contributed by atoms with van der Waals surface area (Å²) in [5.41, 5.74) is 0.976. The first-order chi connectivity index (χ1) is 12.5. The lowest BCUT2D eigenvalue weighted by atomic mass is 10.2.